The number of rotatable bonds is 4. The van der Waals surface area contributed by atoms with Gasteiger partial charge in [0.1, 0.15) is 6.54 Å². The van der Waals surface area contributed by atoms with E-state index in [1.807, 2.05) is 17.5 Å². The summed E-state index contributed by atoms with van der Waals surface area (Å²) in [5.41, 5.74) is -0.134. The normalized spacial score (nSPS) is 13.4. The molecule has 3 heterocycles. The molecule has 4 rings (SSSR count). The molecule has 2 aromatic heterocycles. The molecular formula is C15H8N4O5S. The van der Waals surface area contributed by atoms with Crippen LogP contribution < -0.4 is 0 Å². The van der Waals surface area contributed by atoms with Crippen LogP contribution in [0.4, 0.5) is 5.69 Å². The van der Waals surface area contributed by atoms with Gasteiger partial charge in [0.05, 0.1) is 20.9 Å². The Hall–Kier alpha value is -3.40. The molecule has 0 radical (unpaired) electrons. The predicted molar refractivity (Wildman–Crippen MR) is 84.9 cm³/mol. The molecule has 0 atom stereocenters. The van der Waals surface area contributed by atoms with E-state index in [9.17, 15) is 19.7 Å². The molecule has 0 fully saturated rings. The minimum Gasteiger partial charge on any atom is -0.337 e. The van der Waals surface area contributed by atoms with Crippen molar-refractivity contribution >= 4 is 28.8 Å². The number of thiophene rings is 1. The first-order valence-corrected chi connectivity index (χ1v) is 7.93. The number of aromatic nitrogens is 2. The van der Waals surface area contributed by atoms with Crippen LogP contribution in [0.3, 0.4) is 0 Å². The lowest BCUT2D eigenvalue weighted by atomic mass is 10.1. The first-order chi connectivity index (χ1) is 12.0. The van der Waals surface area contributed by atoms with Crippen molar-refractivity contribution in [3.05, 3.63) is 62.8 Å². The Morgan fingerprint density at radius 2 is 2.00 bits per heavy atom. The quantitative estimate of drug-likeness (QED) is 0.400. The Morgan fingerprint density at radius 1 is 1.20 bits per heavy atom. The van der Waals surface area contributed by atoms with Gasteiger partial charge in [-0.05, 0) is 17.5 Å². The third kappa shape index (κ3) is 2.48. The third-order valence-corrected chi connectivity index (χ3v) is 4.53. The molecule has 3 aromatic rings. The van der Waals surface area contributed by atoms with Gasteiger partial charge in [-0.2, -0.15) is 4.98 Å². The molecule has 1 aliphatic rings. The third-order valence-electron chi connectivity index (χ3n) is 3.67. The Balaban J connectivity index is 1.61. The lowest BCUT2D eigenvalue weighted by molar-refractivity contribution is -0.384. The van der Waals surface area contributed by atoms with E-state index in [-0.39, 0.29) is 29.2 Å². The molecular weight excluding hydrogens is 348 g/mol. The molecule has 0 N–H and O–H groups in total. The number of imide groups is 1. The van der Waals surface area contributed by atoms with Crippen molar-refractivity contribution in [2.45, 2.75) is 6.54 Å². The zero-order chi connectivity index (χ0) is 17.6. The van der Waals surface area contributed by atoms with Gasteiger partial charge in [0.2, 0.25) is 11.7 Å². The van der Waals surface area contributed by atoms with Gasteiger partial charge < -0.3 is 4.52 Å². The zero-order valence-corrected chi connectivity index (χ0v) is 13.2. The second-order valence-corrected chi connectivity index (χ2v) is 6.12. The van der Waals surface area contributed by atoms with Crippen LogP contribution in [0.2, 0.25) is 0 Å². The largest absolute Gasteiger partial charge is 0.337 e. The lowest BCUT2D eigenvalue weighted by Gasteiger charge is -2.09. The van der Waals surface area contributed by atoms with E-state index in [4.69, 9.17) is 4.52 Å². The molecule has 124 valence electrons. The molecule has 0 unspecified atom stereocenters. The number of benzene rings is 1. The number of non-ortho nitro benzene ring substituents is 1. The lowest BCUT2D eigenvalue weighted by Crippen LogP contribution is -2.29. The number of nitro groups is 1. The average molecular weight is 356 g/mol. The molecule has 0 saturated carbocycles. The van der Waals surface area contributed by atoms with Gasteiger partial charge in [0, 0.05) is 12.1 Å². The number of nitrogens with zero attached hydrogens (tertiary/aromatic N) is 4. The highest BCUT2D eigenvalue weighted by molar-refractivity contribution is 7.13. The van der Waals surface area contributed by atoms with E-state index in [2.05, 4.69) is 10.1 Å². The summed E-state index contributed by atoms with van der Waals surface area (Å²) in [4.78, 5) is 40.9. The van der Waals surface area contributed by atoms with Gasteiger partial charge in [-0.25, -0.2) is 0 Å². The molecule has 0 saturated heterocycles. The number of carbonyl (C=O) groups is 2. The highest BCUT2D eigenvalue weighted by atomic mass is 32.1. The van der Waals surface area contributed by atoms with Gasteiger partial charge in [-0.3, -0.25) is 24.6 Å². The average Bonchev–Trinajstić information content (AvgIpc) is 3.32. The van der Waals surface area contributed by atoms with Crippen LogP contribution in [-0.4, -0.2) is 31.8 Å². The van der Waals surface area contributed by atoms with Crippen molar-refractivity contribution in [2.75, 3.05) is 0 Å². The molecule has 25 heavy (non-hydrogen) atoms. The summed E-state index contributed by atoms with van der Waals surface area (Å²) in [6.45, 7) is -0.196. The summed E-state index contributed by atoms with van der Waals surface area (Å²) in [7, 11) is 0. The maximum atomic E-state index is 12.4. The fourth-order valence-electron chi connectivity index (χ4n) is 2.50. The Bertz CT molecular complexity index is 1010. The molecule has 2 amide bonds. The van der Waals surface area contributed by atoms with Crippen molar-refractivity contribution in [3.8, 4) is 10.7 Å². The first kappa shape index (κ1) is 15.1. The topological polar surface area (TPSA) is 119 Å². The van der Waals surface area contributed by atoms with Crippen LogP contribution in [0.5, 0.6) is 0 Å². The summed E-state index contributed by atoms with van der Waals surface area (Å²) >= 11 is 1.43. The van der Waals surface area contributed by atoms with Gasteiger partial charge in [0.15, 0.2) is 0 Å². The number of amides is 2. The van der Waals surface area contributed by atoms with E-state index >= 15 is 0 Å². The fraction of sp³-hybridized carbons (Fsp3) is 0.0667. The van der Waals surface area contributed by atoms with Gasteiger partial charge in [-0.1, -0.05) is 11.2 Å². The minimum absolute atomic E-state index is 0.00260. The Morgan fingerprint density at radius 3 is 2.72 bits per heavy atom. The summed E-state index contributed by atoms with van der Waals surface area (Å²) < 4.78 is 5.10. The number of carbonyl (C=O) groups excluding carboxylic acids is 2. The van der Waals surface area contributed by atoms with Crippen molar-refractivity contribution < 1.29 is 19.0 Å². The first-order valence-electron chi connectivity index (χ1n) is 7.05. The van der Waals surface area contributed by atoms with Gasteiger partial charge >= 0.3 is 0 Å². The van der Waals surface area contributed by atoms with Crippen LogP contribution in [0.1, 0.15) is 26.6 Å². The highest BCUT2D eigenvalue weighted by Gasteiger charge is 2.37. The van der Waals surface area contributed by atoms with Crippen molar-refractivity contribution in [1.82, 2.24) is 15.0 Å². The zero-order valence-electron chi connectivity index (χ0n) is 12.4. The van der Waals surface area contributed by atoms with E-state index in [0.717, 1.165) is 15.8 Å². The monoisotopic (exact) mass is 356 g/mol. The molecule has 0 bridgehead atoms. The molecule has 9 nitrogen and oxygen atoms in total. The molecule has 10 heteroatoms. The predicted octanol–water partition coefficient (Wildman–Crippen LogP) is 2.50. The second-order valence-electron chi connectivity index (χ2n) is 5.17. The van der Waals surface area contributed by atoms with Crippen molar-refractivity contribution in [1.29, 1.82) is 0 Å². The maximum absolute atomic E-state index is 12.4. The molecule has 1 aliphatic heterocycles. The second kappa shape index (κ2) is 5.60. The smallest absolute Gasteiger partial charge is 0.270 e. The van der Waals surface area contributed by atoms with Crippen LogP contribution in [0.15, 0.2) is 40.2 Å². The number of fused-ring (bicyclic) bond motifs is 1. The maximum Gasteiger partial charge on any atom is 0.270 e. The summed E-state index contributed by atoms with van der Waals surface area (Å²) in [6, 6.07) is 7.22. The van der Waals surface area contributed by atoms with Crippen molar-refractivity contribution in [2.24, 2.45) is 0 Å². The summed E-state index contributed by atoms with van der Waals surface area (Å²) in [5, 5.41) is 16.5. The van der Waals surface area contributed by atoms with Gasteiger partial charge in [0.25, 0.3) is 17.5 Å². The highest BCUT2D eigenvalue weighted by Crippen LogP contribution is 2.28. The Kier molecular flexibility index (Phi) is 3.39. The molecule has 0 spiro atoms. The number of hydrogen-bond acceptors (Lipinski definition) is 8. The van der Waals surface area contributed by atoms with Crippen LogP contribution in [0.25, 0.3) is 10.7 Å². The fourth-order valence-corrected chi connectivity index (χ4v) is 3.15. The summed E-state index contributed by atoms with van der Waals surface area (Å²) in [5.74, 6) is -0.699. The minimum atomic E-state index is -0.625. The number of nitro benzene ring substituents is 1. The molecule has 0 aliphatic carbocycles. The van der Waals surface area contributed by atoms with E-state index in [1.165, 1.54) is 23.5 Å². The summed E-state index contributed by atoms with van der Waals surface area (Å²) in [6.07, 6.45) is 0. The van der Waals surface area contributed by atoms with E-state index in [1.54, 1.807) is 0 Å². The SMILES string of the molecule is O=C1c2ccc([N+](=O)[O-])cc2C(=O)N1Cc1nc(-c2cccs2)no1. The van der Waals surface area contributed by atoms with Crippen LogP contribution >= 0.6 is 11.3 Å². The van der Waals surface area contributed by atoms with E-state index < -0.39 is 16.7 Å². The standard InChI is InChI=1S/C15H8N4O5S/c20-14-9-4-3-8(19(22)23)6-10(9)15(21)18(14)7-12-16-13(17-24-12)11-2-1-5-25-11/h1-6H,7H2. The van der Waals surface area contributed by atoms with Crippen LogP contribution in [-0.2, 0) is 6.54 Å². The van der Waals surface area contributed by atoms with Gasteiger partial charge in [-0.15, -0.1) is 11.3 Å². The number of hydrogen-bond donors (Lipinski definition) is 0. The van der Waals surface area contributed by atoms with Crippen molar-refractivity contribution in [3.63, 3.8) is 0 Å². The Labute approximate surface area is 143 Å². The van der Waals surface area contributed by atoms with E-state index in [0.29, 0.717) is 5.82 Å². The molecule has 1 aromatic carbocycles. The van der Waals surface area contributed by atoms with Crippen LogP contribution in [0, 0.1) is 10.1 Å².